The molecule has 6 nitrogen and oxygen atoms in total. The molecule has 0 fully saturated rings. The predicted octanol–water partition coefficient (Wildman–Crippen LogP) is 1.74. The largest absolute Gasteiger partial charge is 0.480 e. The van der Waals surface area contributed by atoms with Crippen LogP contribution in [0.25, 0.3) is 10.9 Å². The number of carboxylic acid groups (broad SMARTS) is 1. The molecular formula is C16H18N2O4S. The van der Waals surface area contributed by atoms with Gasteiger partial charge in [-0.15, -0.1) is 11.8 Å². The van der Waals surface area contributed by atoms with Crippen molar-refractivity contribution in [1.82, 2.24) is 10.3 Å². The number of benzene rings is 1. The first-order valence-corrected chi connectivity index (χ1v) is 8.09. The second-order valence-corrected chi connectivity index (χ2v) is 6.87. The topological polar surface area (TPSA) is 99.3 Å². The fraction of sp³-hybridized carbons (Fsp3) is 0.312. The van der Waals surface area contributed by atoms with Gasteiger partial charge >= 0.3 is 5.97 Å². The number of aromatic nitrogens is 1. The van der Waals surface area contributed by atoms with Crippen molar-refractivity contribution in [2.45, 2.75) is 30.9 Å². The van der Waals surface area contributed by atoms with Crippen molar-refractivity contribution in [3.63, 3.8) is 0 Å². The van der Waals surface area contributed by atoms with Gasteiger partial charge in [-0.05, 0) is 25.5 Å². The number of amides is 1. The molecule has 2 unspecified atom stereocenters. The van der Waals surface area contributed by atoms with E-state index in [1.54, 1.807) is 19.9 Å². The molecule has 2 rings (SSSR count). The molecule has 0 aliphatic carbocycles. The van der Waals surface area contributed by atoms with E-state index in [4.69, 9.17) is 5.11 Å². The zero-order chi connectivity index (χ0) is 17.0. The molecule has 122 valence electrons. The average Bonchev–Trinajstić information content (AvgIpc) is 2.51. The summed E-state index contributed by atoms with van der Waals surface area (Å²) in [6.07, 6.45) is 0. The molecule has 0 aliphatic heterocycles. The highest BCUT2D eigenvalue weighted by atomic mass is 32.2. The molecule has 1 amide bonds. The van der Waals surface area contributed by atoms with Gasteiger partial charge in [0, 0.05) is 23.5 Å². The minimum Gasteiger partial charge on any atom is -0.480 e. The van der Waals surface area contributed by atoms with Crippen molar-refractivity contribution in [3.8, 4) is 0 Å². The maximum Gasteiger partial charge on any atom is 0.316 e. The summed E-state index contributed by atoms with van der Waals surface area (Å²) in [5.41, 5.74) is 1.21. The number of aromatic amines is 1. The second-order valence-electron chi connectivity index (χ2n) is 5.18. The standard InChI is InChI=1S/C16H18N2O4S/c1-9(23-10(2)16(21)22)15(20)17-8-11-7-14(19)18-13-6-4-3-5-12(11)13/h3-7,9-10H,8H2,1-2H3,(H,17,20)(H,18,19)(H,21,22). The highest BCUT2D eigenvalue weighted by Gasteiger charge is 2.20. The van der Waals surface area contributed by atoms with Crippen LogP contribution < -0.4 is 10.9 Å². The first-order chi connectivity index (χ1) is 10.9. The van der Waals surface area contributed by atoms with Gasteiger partial charge in [-0.25, -0.2) is 0 Å². The van der Waals surface area contributed by atoms with Crippen LogP contribution in [0.4, 0.5) is 0 Å². The maximum atomic E-state index is 12.1. The lowest BCUT2D eigenvalue weighted by Gasteiger charge is -2.14. The molecule has 3 N–H and O–H groups in total. The van der Waals surface area contributed by atoms with Crippen LogP contribution in [0, 0.1) is 0 Å². The van der Waals surface area contributed by atoms with Crippen LogP contribution in [0.2, 0.25) is 0 Å². The lowest BCUT2D eigenvalue weighted by molar-refractivity contribution is -0.136. The van der Waals surface area contributed by atoms with Crippen LogP contribution in [-0.2, 0) is 16.1 Å². The van der Waals surface area contributed by atoms with Crippen molar-refractivity contribution < 1.29 is 14.7 Å². The van der Waals surface area contributed by atoms with Gasteiger partial charge in [-0.3, -0.25) is 14.4 Å². The van der Waals surface area contributed by atoms with Gasteiger partial charge in [0.05, 0.1) is 5.25 Å². The third kappa shape index (κ3) is 4.35. The molecule has 0 aliphatic rings. The smallest absolute Gasteiger partial charge is 0.316 e. The fourth-order valence-corrected chi connectivity index (χ4v) is 3.11. The molecule has 2 atom stereocenters. The number of para-hydroxylation sites is 1. The van der Waals surface area contributed by atoms with E-state index in [2.05, 4.69) is 10.3 Å². The third-order valence-electron chi connectivity index (χ3n) is 3.41. The zero-order valence-electron chi connectivity index (χ0n) is 12.8. The number of hydrogen-bond donors (Lipinski definition) is 3. The molecular weight excluding hydrogens is 316 g/mol. The Kier molecular flexibility index (Phi) is 5.44. The van der Waals surface area contributed by atoms with Crippen molar-refractivity contribution in [2.75, 3.05) is 0 Å². The summed E-state index contributed by atoms with van der Waals surface area (Å²) in [6, 6.07) is 8.82. The molecule has 1 aromatic carbocycles. The molecule has 0 radical (unpaired) electrons. The van der Waals surface area contributed by atoms with E-state index in [0.29, 0.717) is 5.52 Å². The summed E-state index contributed by atoms with van der Waals surface area (Å²) in [5.74, 6) is -1.21. The van der Waals surface area contributed by atoms with Gasteiger partial charge in [0.25, 0.3) is 0 Å². The Balaban J connectivity index is 2.07. The average molecular weight is 334 g/mol. The number of aliphatic carboxylic acids is 1. The quantitative estimate of drug-likeness (QED) is 0.747. The first-order valence-electron chi connectivity index (χ1n) is 7.15. The monoisotopic (exact) mass is 334 g/mol. The van der Waals surface area contributed by atoms with Gasteiger partial charge in [-0.2, -0.15) is 0 Å². The Morgan fingerprint density at radius 2 is 1.96 bits per heavy atom. The third-order valence-corrected chi connectivity index (χ3v) is 4.65. The number of rotatable bonds is 6. The van der Waals surface area contributed by atoms with Crippen LogP contribution in [0.3, 0.4) is 0 Å². The first kappa shape index (κ1) is 17.1. The number of hydrogen-bond acceptors (Lipinski definition) is 4. The molecule has 0 saturated heterocycles. The lowest BCUT2D eigenvalue weighted by atomic mass is 10.1. The van der Waals surface area contributed by atoms with Crippen LogP contribution in [0.1, 0.15) is 19.4 Å². The van der Waals surface area contributed by atoms with Gasteiger partial charge in [-0.1, -0.05) is 18.2 Å². The van der Waals surface area contributed by atoms with Gasteiger partial charge < -0.3 is 15.4 Å². The molecule has 0 saturated carbocycles. The van der Waals surface area contributed by atoms with E-state index in [1.165, 1.54) is 6.07 Å². The number of nitrogens with one attached hydrogen (secondary N) is 2. The summed E-state index contributed by atoms with van der Waals surface area (Å²) in [6.45, 7) is 3.42. The molecule has 2 aromatic rings. The van der Waals surface area contributed by atoms with Gasteiger partial charge in [0.15, 0.2) is 0 Å². The molecule has 0 bridgehead atoms. The van der Waals surface area contributed by atoms with Crippen LogP contribution >= 0.6 is 11.8 Å². The summed E-state index contributed by atoms with van der Waals surface area (Å²) >= 11 is 1.08. The second kappa shape index (κ2) is 7.32. The van der Waals surface area contributed by atoms with E-state index >= 15 is 0 Å². The number of thioether (sulfide) groups is 1. The Morgan fingerprint density at radius 1 is 1.26 bits per heavy atom. The van der Waals surface area contributed by atoms with Crippen molar-refractivity contribution >= 4 is 34.5 Å². The summed E-state index contributed by atoms with van der Waals surface area (Å²) in [5, 5.41) is 11.4. The highest BCUT2D eigenvalue weighted by Crippen LogP contribution is 2.18. The molecule has 1 aromatic heterocycles. The van der Waals surface area contributed by atoms with Crippen molar-refractivity contribution in [1.29, 1.82) is 0 Å². The summed E-state index contributed by atoms with van der Waals surface area (Å²) in [4.78, 5) is 37.3. The number of pyridine rings is 1. The number of carboxylic acids is 1. The molecule has 7 heteroatoms. The maximum absolute atomic E-state index is 12.1. The van der Waals surface area contributed by atoms with Crippen molar-refractivity contribution in [2.24, 2.45) is 0 Å². The van der Waals surface area contributed by atoms with Crippen LogP contribution in [0.5, 0.6) is 0 Å². The number of carbonyl (C=O) groups is 2. The molecule has 0 spiro atoms. The molecule has 1 heterocycles. The van der Waals surface area contributed by atoms with Gasteiger partial charge in [0.2, 0.25) is 11.5 Å². The number of fused-ring (bicyclic) bond motifs is 1. The van der Waals surface area contributed by atoms with E-state index in [9.17, 15) is 14.4 Å². The van der Waals surface area contributed by atoms with Crippen molar-refractivity contribution in [3.05, 3.63) is 46.2 Å². The summed E-state index contributed by atoms with van der Waals surface area (Å²) < 4.78 is 0. The molecule has 23 heavy (non-hydrogen) atoms. The van der Waals surface area contributed by atoms with E-state index in [1.807, 2.05) is 18.2 Å². The SMILES string of the molecule is CC(SC(C)C(=O)NCc1cc(=O)[nH]c2ccccc12)C(=O)O. The Labute approximate surface area is 137 Å². The van der Waals surface area contributed by atoms with Gasteiger partial charge in [0.1, 0.15) is 5.25 Å². The van der Waals surface area contributed by atoms with E-state index < -0.39 is 16.5 Å². The minimum atomic E-state index is -0.949. The normalized spacial score (nSPS) is 13.5. The predicted molar refractivity (Wildman–Crippen MR) is 90.6 cm³/mol. The Morgan fingerprint density at radius 3 is 2.65 bits per heavy atom. The number of carbonyl (C=O) groups excluding carboxylic acids is 1. The van der Waals surface area contributed by atoms with E-state index in [0.717, 1.165) is 22.7 Å². The minimum absolute atomic E-state index is 0.218. The summed E-state index contributed by atoms with van der Waals surface area (Å²) in [7, 11) is 0. The fourth-order valence-electron chi connectivity index (χ4n) is 2.18. The lowest BCUT2D eigenvalue weighted by Crippen LogP contribution is -2.32. The number of H-pyrrole nitrogens is 1. The van der Waals surface area contributed by atoms with Crippen LogP contribution in [0.15, 0.2) is 35.1 Å². The zero-order valence-corrected chi connectivity index (χ0v) is 13.6. The Hall–Kier alpha value is -2.28. The Bertz CT molecular complexity index is 787. The van der Waals surface area contributed by atoms with E-state index in [-0.39, 0.29) is 18.0 Å². The highest BCUT2D eigenvalue weighted by molar-refractivity contribution is 8.01. The van der Waals surface area contributed by atoms with Crippen LogP contribution in [-0.4, -0.2) is 32.5 Å².